The standard InChI is InChI=1S/C25H24N6/c1-29-12-14-30(15-13-29)24-16-21(19-8-5-9-22-20(19)10-11-26-22)25-27-23(17-31(25)28-24)18-6-3-2-4-7-18/h2-11,16-17,26H,12-15H2,1H3. The second kappa shape index (κ2) is 7.25. The van der Waals surface area contributed by atoms with E-state index in [-0.39, 0.29) is 0 Å². The molecule has 0 spiro atoms. The molecule has 0 amide bonds. The zero-order valence-corrected chi connectivity index (χ0v) is 17.5. The van der Waals surface area contributed by atoms with Gasteiger partial charge in [-0.05, 0) is 30.8 Å². The van der Waals surface area contributed by atoms with Crippen molar-refractivity contribution in [3.63, 3.8) is 0 Å². The minimum absolute atomic E-state index is 0.880. The molecule has 0 atom stereocenters. The molecule has 1 fully saturated rings. The van der Waals surface area contributed by atoms with E-state index in [1.54, 1.807) is 0 Å². The Bertz CT molecular complexity index is 1360. The number of aromatic amines is 1. The normalized spacial score (nSPS) is 15.2. The highest BCUT2D eigenvalue weighted by molar-refractivity contribution is 5.99. The SMILES string of the molecule is CN1CCN(c2cc(-c3cccc4[nH]ccc34)c3nc(-c4ccccc4)cn3n2)CC1. The van der Waals surface area contributed by atoms with E-state index in [1.165, 1.54) is 10.9 Å². The molecular formula is C25H24N6. The molecule has 0 aliphatic carbocycles. The molecule has 0 bridgehead atoms. The lowest BCUT2D eigenvalue weighted by atomic mass is 10.0. The smallest absolute Gasteiger partial charge is 0.162 e. The maximum atomic E-state index is 5.01. The van der Waals surface area contributed by atoms with Crippen LogP contribution in [-0.2, 0) is 0 Å². The van der Waals surface area contributed by atoms with Crippen LogP contribution >= 0.6 is 0 Å². The van der Waals surface area contributed by atoms with Crippen LogP contribution in [0.1, 0.15) is 0 Å². The molecule has 31 heavy (non-hydrogen) atoms. The van der Waals surface area contributed by atoms with E-state index < -0.39 is 0 Å². The average molecular weight is 409 g/mol. The van der Waals surface area contributed by atoms with Crippen LogP contribution in [0.3, 0.4) is 0 Å². The van der Waals surface area contributed by atoms with Crippen molar-refractivity contribution in [1.29, 1.82) is 0 Å². The lowest BCUT2D eigenvalue weighted by Crippen LogP contribution is -2.45. The molecule has 1 saturated heterocycles. The third-order valence-electron chi connectivity index (χ3n) is 6.19. The highest BCUT2D eigenvalue weighted by Gasteiger charge is 2.20. The molecule has 0 saturated carbocycles. The summed E-state index contributed by atoms with van der Waals surface area (Å²) in [5, 5.41) is 6.18. The summed E-state index contributed by atoms with van der Waals surface area (Å²) in [6, 6.07) is 21.0. The number of nitrogens with zero attached hydrogens (tertiary/aromatic N) is 5. The van der Waals surface area contributed by atoms with Gasteiger partial charge in [0.1, 0.15) is 5.82 Å². The van der Waals surface area contributed by atoms with E-state index in [1.807, 2.05) is 35.1 Å². The predicted octanol–water partition coefficient (Wildman–Crippen LogP) is 4.30. The first kappa shape index (κ1) is 18.2. The number of anilines is 1. The molecule has 1 aliphatic heterocycles. The Kier molecular flexibility index (Phi) is 4.25. The minimum atomic E-state index is 0.880. The summed E-state index contributed by atoms with van der Waals surface area (Å²) in [6.07, 6.45) is 4.04. The molecule has 1 aliphatic rings. The fourth-order valence-corrected chi connectivity index (χ4v) is 4.42. The van der Waals surface area contributed by atoms with Gasteiger partial charge in [0.25, 0.3) is 0 Å². The van der Waals surface area contributed by atoms with Gasteiger partial charge in [-0.3, -0.25) is 0 Å². The number of imidazole rings is 1. The van der Waals surface area contributed by atoms with Crippen LogP contribution in [0.2, 0.25) is 0 Å². The molecule has 1 N–H and O–H groups in total. The summed E-state index contributed by atoms with van der Waals surface area (Å²) in [4.78, 5) is 13.1. The summed E-state index contributed by atoms with van der Waals surface area (Å²) >= 11 is 0. The topological polar surface area (TPSA) is 52.5 Å². The van der Waals surface area contributed by atoms with E-state index >= 15 is 0 Å². The van der Waals surface area contributed by atoms with Crippen LogP contribution in [0.15, 0.2) is 73.1 Å². The number of likely N-dealkylation sites (N-methyl/N-ethyl adjacent to an activating group) is 1. The van der Waals surface area contributed by atoms with Crippen LogP contribution in [0, 0.1) is 0 Å². The van der Waals surface area contributed by atoms with Crippen molar-refractivity contribution >= 4 is 22.4 Å². The van der Waals surface area contributed by atoms with Crippen molar-refractivity contribution in [1.82, 2.24) is 24.5 Å². The molecule has 6 heteroatoms. The van der Waals surface area contributed by atoms with Crippen molar-refractivity contribution < 1.29 is 0 Å². The number of fused-ring (bicyclic) bond motifs is 2. The Morgan fingerprint density at radius 1 is 0.871 bits per heavy atom. The molecule has 4 heterocycles. The van der Waals surface area contributed by atoms with Gasteiger partial charge in [0.05, 0.1) is 11.9 Å². The van der Waals surface area contributed by atoms with Gasteiger partial charge in [-0.2, -0.15) is 0 Å². The van der Waals surface area contributed by atoms with Gasteiger partial charge >= 0.3 is 0 Å². The van der Waals surface area contributed by atoms with Crippen LogP contribution in [0.25, 0.3) is 38.9 Å². The van der Waals surface area contributed by atoms with Gasteiger partial charge in [0.15, 0.2) is 5.65 Å². The van der Waals surface area contributed by atoms with Crippen molar-refractivity contribution in [3.8, 4) is 22.4 Å². The lowest BCUT2D eigenvalue weighted by Gasteiger charge is -2.33. The van der Waals surface area contributed by atoms with Crippen LogP contribution in [0.5, 0.6) is 0 Å². The molecule has 0 unspecified atom stereocenters. The van der Waals surface area contributed by atoms with Gasteiger partial charge in [0.2, 0.25) is 0 Å². The number of nitrogens with one attached hydrogen (secondary N) is 1. The largest absolute Gasteiger partial charge is 0.361 e. The maximum Gasteiger partial charge on any atom is 0.162 e. The number of hydrogen-bond acceptors (Lipinski definition) is 4. The van der Waals surface area contributed by atoms with Crippen LogP contribution in [0.4, 0.5) is 5.82 Å². The van der Waals surface area contributed by atoms with Gasteiger partial charge in [0, 0.05) is 54.4 Å². The van der Waals surface area contributed by atoms with E-state index in [9.17, 15) is 0 Å². The first-order chi connectivity index (χ1) is 15.3. The zero-order chi connectivity index (χ0) is 20.8. The second-order valence-electron chi connectivity index (χ2n) is 8.21. The highest BCUT2D eigenvalue weighted by atomic mass is 15.3. The Balaban J connectivity index is 1.57. The van der Waals surface area contributed by atoms with Crippen molar-refractivity contribution in [2.45, 2.75) is 0 Å². The van der Waals surface area contributed by atoms with Gasteiger partial charge in [-0.1, -0.05) is 42.5 Å². The van der Waals surface area contributed by atoms with E-state index in [2.05, 4.69) is 64.3 Å². The lowest BCUT2D eigenvalue weighted by molar-refractivity contribution is 0.311. The van der Waals surface area contributed by atoms with Gasteiger partial charge in [-0.25, -0.2) is 9.50 Å². The third kappa shape index (κ3) is 3.16. The summed E-state index contributed by atoms with van der Waals surface area (Å²) in [5.41, 5.74) is 6.32. The summed E-state index contributed by atoms with van der Waals surface area (Å²) in [7, 11) is 2.17. The van der Waals surface area contributed by atoms with Crippen LogP contribution in [-0.4, -0.2) is 57.7 Å². The number of hydrogen-bond donors (Lipinski definition) is 1. The predicted molar refractivity (Wildman–Crippen MR) is 125 cm³/mol. The maximum absolute atomic E-state index is 5.01. The first-order valence-electron chi connectivity index (χ1n) is 10.7. The first-order valence-corrected chi connectivity index (χ1v) is 10.7. The number of H-pyrrole nitrogens is 1. The molecule has 154 valence electrons. The van der Waals surface area contributed by atoms with Crippen molar-refractivity contribution in [3.05, 3.63) is 73.1 Å². The average Bonchev–Trinajstić information content (AvgIpc) is 3.46. The van der Waals surface area contributed by atoms with E-state index in [0.29, 0.717) is 0 Å². The fourth-order valence-electron chi connectivity index (χ4n) is 4.42. The molecule has 6 nitrogen and oxygen atoms in total. The van der Waals surface area contributed by atoms with Crippen molar-refractivity contribution in [2.24, 2.45) is 0 Å². The summed E-state index contributed by atoms with van der Waals surface area (Å²) < 4.78 is 1.96. The minimum Gasteiger partial charge on any atom is -0.361 e. The Hall–Kier alpha value is -3.64. The molecular weight excluding hydrogens is 384 g/mol. The van der Waals surface area contributed by atoms with E-state index in [4.69, 9.17) is 10.1 Å². The number of aromatic nitrogens is 4. The number of rotatable bonds is 3. The van der Waals surface area contributed by atoms with E-state index in [0.717, 1.165) is 60.0 Å². The van der Waals surface area contributed by atoms with Gasteiger partial charge in [-0.15, -0.1) is 5.10 Å². The molecule has 5 aromatic rings. The molecule has 6 rings (SSSR count). The second-order valence-corrected chi connectivity index (χ2v) is 8.21. The highest BCUT2D eigenvalue weighted by Crippen LogP contribution is 2.34. The zero-order valence-electron chi connectivity index (χ0n) is 17.5. The summed E-state index contributed by atoms with van der Waals surface area (Å²) in [6.45, 7) is 4.04. The van der Waals surface area contributed by atoms with Crippen molar-refractivity contribution in [2.75, 3.05) is 38.1 Å². The number of benzene rings is 2. The quantitative estimate of drug-likeness (QED) is 0.484. The van der Waals surface area contributed by atoms with Gasteiger partial charge < -0.3 is 14.8 Å². The molecule has 3 aromatic heterocycles. The third-order valence-corrected chi connectivity index (χ3v) is 6.19. The Morgan fingerprint density at radius 2 is 1.71 bits per heavy atom. The fraction of sp³-hybridized carbons (Fsp3) is 0.200. The molecule has 0 radical (unpaired) electrons. The Morgan fingerprint density at radius 3 is 2.55 bits per heavy atom. The monoisotopic (exact) mass is 408 g/mol. The summed E-state index contributed by atoms with van der Waals surface area (Å²) in [5.74, 6) is 1.00. The van der Waals surface area contributed by atoms with Crippen LogP contribution < -0.4 is 4.90 Å². The Labute approximate surface area is 180 Å². The molecule has 2 aromatic carbocycles. The number of piperazine rings is 1.